The molecule has 0 aromatic rings. The Bertz CT molecular complexity index is 2320. The topological polar surface area (TPSA) is 296 Å². The fourth-order valence-corrected chi connectivity index (χ4v) is 19.9. The van der Waals surface area contributed by atoms with E-state index in [0.29, 0.717) is 343 Å². The fraction of sp³-hybridized carbons (Fsp3) is 1.00. The summed E-state index contributed by atoms with van der Waals surface area (Å²) in [5.41, 5.74) is 0. The van der Waals surface area contributed by atoms with Gasteiger partial charge in [0.15, 0.2) is 0 Å². The highest BCUT2D eigenvalue weighted by Gasteiger charge is 2.35. The molecule has 0 aromatic carbocycles. The minimum absolute atomic E-state index is 0.0207. The first-order valence-electron chi connectivity index (χ1n) is 60.6. The normalized spacial score (nSPS) is 12.1. The van der Waals surface area contributed by atoms with Gasteiger partial charge in [0.25, 0.3) is 0 Å². The third kappa shape index (κ3) is 127. The van der Waals surface area contributed by atoms with Gasteiger partial charge in [0, 0.05) is 13.7 Å². The van der Waals surface area contributed by atoms with Gasteiger partial charge < -0.3 is 132 Å². The molecule has 0 unspecified atom stereocenters. The first kappa shape index (κ1) is 147. The number of hydrogen-bond donors (Lipinski definition) is 0. The van der Waals surface area contributed by atoms with Gasteiger partial charge in [-0.25, -0.2) is 0 Å². The SMILES string of the molecule is CCCCCCCCCCCCCCCCOP(=O)(CN(CCOCCOCCOCCOCCOCCOCCOCCOCCOCCOCCOCCOCCOCCOCCOCCOCCOCCOCCOCCOCCOCCOCCOCCOC)CP(=O)(OCCCCCCCCCCCCCCCC)OCCCCCCCCCCCCCCCC)OCCCCCCCCCCCCCCCC. The van der Waals surface area contributed by atoms with Gasteiger partial charge in [-0.05, 0) is 25.7 Å². The molecule has 890 valence electrons. The van der Waals surface area contributed by atoms with Gasteiger partial charge in [-0.3, -0.25) is 14.0 Å². The molecule has 0 radical (unpaired) electrons. The van der Waals surface area contributed by atoms with Crippen LogP contribution in [0.25, 0.3) is 0 Å². The predicted molar refractivity (Wildman–Crippen MR) is 597 cm³/mol. The largest absolute Gasteiger partial charge is 0.382 e. The molecule has 33 heteroatoms. The van der Waals surface area contributed by atoms with Gasteiger partial charge in [0.2, 0.25) is 0 Å². The highest BCUT2D eigenvalue weighted by molar-refractivity contribution is 7.54. The monoisotopic (exact) mass is 2170 g/mol. The van der Waals surface area contributed by atoms with E-state index >= 15 is 9.13 Å². The number of unbranched alkanes of at least 4 members (excludes halogenated alkanes) is 52. The quantitative estimate of drug-likeness (QED) is 0.0403. The lowest BCUT2D eigenvalue weighted by atomic mass is 10.0. The van der Waals surface area contributed by atoms with Crippen molar-refractivity contribution in [3.05, 3.63) is 0 Å². The summed E-state index contributed by atoms with van der Waals surface area (Å²) in [6.07, 6.45) is 70.4. The van der Waals surface area contributed by atoms with Gasteiger partial charge in [-0.15, -0.1) is 0 Å². The molecule has 0 aliphatic heterocycles. The summed E-state index contributed by atoms with van der Waals surface area (Å²) in [5.74, 6) is 0. The van der Waals surface area contributed by atoms with Crippen molar-refractivity contribution < 1.29 is 141 Å². The van der Waals surface area contributed by atoms with Crippen molar-refractivity contribution in [1.82, 2.24) is 4.90 Å². The zero-order valence-corrected chi connectivity index (χ0v) is 98.2. The number of nitrogens with zero attached hydrogens (tertiary/aromatic N) is 1. The standard InChI is InChI=1S/C115H235NO30P2/c1-6-10-14-18-22-26-30-34-38-42-46-50-54-58-63-143-147(117,144-64-59-55-51-47-43-39-35-31-27-23-19-15-11-7-2)114-116(115-148(118,145-65-60-56-52-48-44-40-36-32-28-24-20-16-12-8-3)146-66-61-57-53-49-45-41-37-33-29-25-21-17-13-9-4)62-67-120-70-71-122-74-75-124-78-79-126-82-83-128-86-87-130-90-91-132-94-95-134-98-99-136-102-103-138-106-107-140-110-111-142-113-112-141-109-108-139-105-104-137-101-100-135-97-96-133-93-92-131-89-88-129-85-84-127-81-80-125-77-76-123-73-72-121-69-68-119-5/h6-115H2,1-5H3. The lowest BCUT2D eigenvalue weighted by Crippen LogP contribution is -2.32. The first-order chi connectivity index (χ1) is 73.4. The van der Waals surface area contributed by atoms with E-state index in [9.17, 15) is 0 Å². The van der Waals surface area contributed by atoms with Crippen LogP contribution in [-0.4, -0.2) is 368 Å². The van der Waals surface area contributed by atoms with E-state index in [0.717, 1.165) is 77.0 Å². The second kappa shape index (κ2) is 133. The van der Waals surface area contributed by atoms with Gasteiger partial charge in [0.05, 0.1) is 337 Å². The summed E-state index contributed by atoms with van der Waals surface area (Å²) in [6.45, 7) is 33.2. The lowest BCUT2D eigenvalue weighted by Gasteiger charge is -2.30. The number of rotatable bonds is 140. The zero-order valence-electron chi connectivity index (χ0n) is 96.4. The maximum Gasteiger partial charge on any atom is 0.344 e. The second-order valence-electron chi connectivity index (χ2n) is 38.7. The Hall–Kier alpha value is -0.700. The molecule has 0 rings (SSSR count). The van der Waals surface area contributed by atoms with Crippen molar-refractivity contribution in [2.75, 3.05) is 363 Å². The molecule has 0 aliphatic rings. The Labute approximate surface area is 906 Å². The Morgan fingerprint density at radius 2 is 0.230 bits per heavy atom. The predicted octanol–water partition coefficient (Wildman–Crippen LogP) is 25.6. The van der Waals surface area contributed by atoms with Crippen molar-refractivity contribution in [3.63, 3.8) is 0 Å². The maximum atomic E-state index is 15.4. The van der Waals surface area contributed by atoms with Crippen LogP contribution in [0.2, 0.25) is 0 Å². The Morgan fingerprint density at radius 3 is 0.345 bits per heavy atom. The third-order valence-corrected chi connectivity index (χ3v) is 28.9. The van der Waals surface area contributed by atoms with Gasteiger partial charge in [-0.2, -0.15) is 0 Å². The van der Waals surface area contributed by atoms with Gasteiger partial charge >= 0.3 is 15.2 Å². The molecule has 0 spiro atoms. The fourth-order valence-electron chi connectivity index (χ4n) is 16.2. The van der Waals surface area contributed by atoms with E-state index < -0.39 is 15.2 Å². The minimum Gasteiger partial charge on any atom is -0.382 e. The van der Waals surface area contributed by atoms with Crippen LogP contribution in [0.3, 0.4) is 0 Å². The summed E-state index contributed by atoms with van der Waals surface area (Å²) in [5, 5.41) is 0. The summed E-state index contributed by atoms with van der Waals surface area (Å²) < 4.78 is 191. The molecule has 0 N–H and O–H groups in total. The van der Waals surface area contributed by atoms with Crippen molar-refractivity contribution in [2.45, 2.75) is 387 Å². The summed E-state index contributed by atoms with van der Waals surface area (Å²) in [7, 11) is -5.78. The Morgan fingerprint density at radius 1 is 0.128 bits per heavy atom. The van der Waals surface area contributed by atoms with Crippen molar-refractivity contribution >= 4 is 15.2 Å². The molecule has 0 aromatic heterocycles. The smallest absolute Gasteiger partial charge is 0.344 e. The van der Waals surface area contributed by atoms with E-state index in [-0.39, 0.29) is 12.6 Å². The average Bonchev–Trinajstić information content (AvgIpc) is 0.842. The van der Waals surface area contributed by atoms with Crippen LogP contribution in [0.1, 0.15) is 387 Å². The maximum absolute atomic E-state index is 15.4. The van der Waals surface area contributed by atoms with Crippen LogP contribution in [0.5, 0.6) is 0 Å². The molecule has 0 amide bonds. The number of ether oxygens (including phenoxy) is 24. The second-order valence-corrected chi connectivity index (χ2v) is 42.7. The highest BCUT2D eigenvalue weighted by atomic mass is 31.2. The Kier molecular flexibility index (Phi) is 133. The van der Waals surface area contributed by atoms with Crippen molar-refractivity contribution in [3.8, 4) is 0 Å². The number of methoxy groups -OCH3 is 1. The molecule has 0 atom stereocenters. The van der Waals surface area contributed by atoms with E-state index in [4.69, 9.17) is 132 Å². The number of hydrogen-bond acceptors (Lipinski definition) is 31. The van der Waals surface area contributed by atoms with Crippen LogP contribution in [0, 0.1) is 0 Å². The summed E-state index contributed by atoms with van der Waals surface area (Å²) in [4.78, 5) is 1.94. The molecule has 31 nitrogen and oxygen atoms in total. The first-order valence-corrected chi connectivity index (χ1v) is 64.1. The van der Waals surface area contributed by atoms with Crippen LogP contribution in [0.4, 0.5) is 0 Å². The molecular formula is C115H235NO30P2. The Balaban J connectivity index is 4.65. The zero-order chi connectivity index (χ0) is 106. The molecule has 148 heavy (non-hydrogen) atoms. The molecule has 0 saturated carbocycles. The minimum atomic E-state index is -3.71. The van der Waals surface area contributed by atoms with E-state index in [1.54, 1.807) is 7.11 Å². The van der Waals surface area contributed by atoms with Gasteiger partial charge in [-0.1, -0.05) is 362 Å². The molecule has 0 aliphatic carbocycles. The summed E-state index contributed by atoms with van der Waals surface area (Å²) >= 11 is 0. The van der Waals surface area contributed by atoms with E-state index in [1.807, 2.05) is 4.90 Å². The van der Waals surface area contributed by atoms with Crippen LogP contribution >= 0.6 is 15.2 Å². The lowest BCUT2D eigenvalue weighted by molar-refractivity contribution is -0.0319. The third-order valence-electron chi connectivity index (χ3n) is 25.1. The summed E-state index contributed by atoms with van der Waals surface area (Å²) in [6, 6.07) is 0. The van der Waals surface area contributed by atoms with Crippen molar-refractivity contribution in [1.29, 1.82) is 0 Å². The van der Waals surface area contributed by atoms with Crippen LogP contribution in [0.15, 0.2) is 0 Å². The van der Waals surface area contributed by atoms with Crippen molar-refractivity contribution in [2.24, 2.45) is 0 Å². The van der Waals surface area contributed by atoms with Gasteiger partial charge in [0.1, 0.15) is 12.6 Å². The molecular weight excluding hydrogens is 1940 g/mol. The van der Waals surface area contributed by atoms with Crippen LogP contribution in [-0.2, 0) is 141 Å². The van der Waals surface area contributed by atoms with E-state index in [1.165, 1.54) is 283 Å². The molecule has 0 heterocycles. The van der Waals surface area contributed by atoms with Crippen LogP contribution < -0.4 is 0 Å². The molecule has 0 bridgehead atoms. The highest BCUT2D eigenvalue weighted by Crippen LogP contribution is 2.54. The molecule has 0 saturated heterocycles. The molecule has 0 fully saturated rings. The van der Waals surface area contributed by atoms with E-state index in [2.05, 4.69) is 27.7 Å². The average molecular weight is 2170 g/mol.